The van der Waals surface area contributed by atoms with Crippen molar-refractivity contribution in [3.05, 3.63) is 35.5 Å². The Labute approximate surface area is 149 Å². The van der Waals surface area contributed by atoms with Crippen molar-refractivity contribution in [1.29, 1.82) is 0 Å². The minimum Gasteiger partial charge on any atom is -0.460 e. The fourth-order valence-corrected chi connectivity index (χ4v) is 2.85. The normalized spacial score (nSPS) is 14.3. The first kappa shape index (κ1) is 18.1. The van der Waals surface area contributed by atoms with E-state index in [1.165, 1.54) is 6.07 Å². The van der Waals surface area contributed by atoms with Gasteiger partial charge in [-0.2, -0.15) is 4.98 Å². The fourth-order valence-electron chi connectivity index (χ4n) is 2.85. The molecule has 7 nitrogen and oxygen atoms in total. The molecule has 0 atom stereocenters. The molecule has 0 spiro atoms. The van der Waals surface area contributed by atoms with Gasteiger partial charge in [0, 0.05) is 25.2 Å². The van der Waals surface area contributed by atoms with Crippen LogP contribution in [0.25, 0.3) is 0 Å². The number of hydrogen-bond donors (Lipinski definition) is 1. The van der Waals surface area contributed by atoms with E-state index < -0.39 is 17.6 Å². The van der Waals surface area contributed by atoms with Crippen LogP contribution in [0.2, 0.25) is 0 Å². The van der Waals surface area contributed by atoms with Crippen LogP contribution in [0.1, 0.15) is 42.7 Å². The third kappa shape index (κ3) is 4.09. The molecule has 1 fully saturated rings. The molecule has 0 radical (unpaired) electrons. The second-order valence-electron chi connectivity index (χ2n) is 5.92. The summed E-state index contributed by atoms with van der Waals surface area (Å²) in [6.07, 6.45) is 3.14. The second kappa shape index (κ2) is 8.11. The van der Waals surface area contributed by atoms with Gasteiger partial charge in [0.2, 0.25) is 5.89 Å². The fraction of sp³-hybridized carbons (Fsp3) is 0.471. The Morgan fingerprint density at radius 1 is 1.27 bits per heavy atom. The highest BCUT2D eigenvalue weighted by molar-refractivity contribution is 5.84. The van der Waals surface area contributed by atoms with Crippen molar-refractivity contribution in [3.8, 4) is 0 Å². The molecule has 1 aliphatic heterocycles. The lowest BCUT2D eigenvalue weighted by atomic mass is 10.1. The molecule has 1 N–H and O–H groups in total. The molecule has 3 rings (SSSR count). The number of benzene rings is 1. The molecule has 9 heteroatoms. The van der Waals surface area contributed by atoms with Crippen molar-refractivity contribution in [2.24, 2.45) is 0 Å². The highest BCUT2D eigenvalue weighted by Crippen LogP contribution is 2.31. The van der Waals surface area contributed by atoms with Gasteiger partial charge in [-0.25, -0.2) is 13.6 Å². The minimum atomic E-state index is -0.939. The number of carbonyl (C=O) groups excluding carboxylic acids is 1. The van der Waals surface area contributed by atoms with Gasteiger partial charge in [-0.15, -0.1) is 0 Å². The lowest BCUT2D eigenvalue weighted by Gasteiger charge is -2.30. The Bertz CT molecular complexity index is 775. The quantitative estimate of drug-likeness (QED) is 0.787. The number of hydrogen-bond acceptors (Lipinski definition) is 7. The van der Waals surface area contributed by atoms with Crippen LogP contribution in [-0.4, -0.2) is 35.8 Å². The van der Waals surface area contributed by atoms with Crippen molar-refractivity contribution in [2.75, 3.05) is 29.9 Å². The summed E-state index contributed by atoms with van der Waals surface area (Å²) in [6.45, 7) is 3.51. The van der Waals surface area contributed by atoms with Gasteiger partial charge in [0.05, 0.1) is 24.5 Å². The molecule has 1 aromatic carbocycles. The Kier molecular flexibility index (Phi) is 5.65. The van der Waals surface area contributed by atoms with Crippen molar-refractivity contribution in [3.63, 3.8) is 0 Å². The first-order valence-electron chi connectivity index (χ1n) is 8.56. The maximum atomic E-state index is 13.7. The van der Waals surface area contributed by atoms with Gasteiger partial charge in [0.15, 0.2) is 11.6 Å². The third-order valence-corrected chi connectivity index (χ3v) is 4.09. The average Bonchev–Trinajstić information content (AvgIpc) is 3.12. The van der Waals surface area contributed by atoms with Crippen LogP contribution in [0.15, 0.2) is 16.7 Å². The van der Waals surface area contributed by atoms with E-state index in [-0.39, 0.29) is 24.9 Å². The average molecular weight is 366 g/mol. The van der Waals surface area contributed by atoms with Crippen LogP contribution < -0.4 is 10.2 Å². The van der Waals surface area contributed by atoms with Gasteiger partial charge >= 0.3 is 5.97 Å². The van der Waals surface area contributed by atoms with E-state index in [0.717, 1.165) is 38.4 Å². The maximum Gasteiger partial charge on any atom is 0.379 e. The van der Waals surface area contributed by atoms with Crippen LogP contribution in [0.5, 0.6) is 0 Å². The molecule has 0 bridgehead atoms. The monoisotopic (exact) mass is 366 g/mol. The van der Waals surface area contributed by atoms with E-state index in [9.17, 15) is 13.6 Å². The Balaban J connectivity index is 1.74. The van der Waals surface area contributed by atoms with Crippen LogP contribution >= 0.6 is 0 Å². The molecule has 140 valence electrons. The van der Waals surface area contributed by atoms with Crippen molar-refractivity contribution >= 4 is 17.3 Å². The number of aromatic nitrogens is 2. The zero-order valence-electron chi connectivity index (χ0n) is 14.4. The van der Waals surface area contributed by atoms with Gasteiger partial charge in [-0.3, -0.25) is 0 Å². The smallest absolute Gasteiger partial charge is 0.379 e. The summed E-state index contributed by atoms with van der Waals surface area (Å²) < 4.78 is 37.2. The topological polar surface area (TPSA) is 80.5 Å². The number of carbonyl (C=O) groups is 1. The standard InChI is InChI=1S/C17H20F2N4O3/c1-2-25-17(24)16-21-15(26-22-16)10-20-13-8-11(18)12(19)9-14(13)23-6-4-3-5-7-23/h8-9,20H,2-7,10H2,1H3. The van der Waals surface area contributed by atoms with Gasteiger partial charge in [0.1, 0.15) is 0 Å². The molecule has 2 heterocycles. The van der Waals surface area contributed by atoms with E-state index >= 15 is 0 Å². The molecular formula is C17H20F2N4O3. The summed E-state index contributed by atoms with van der Waals surface area (Å²) in [5, 5.41) is 6.53. The molecular weight excluding hydrogens is 346 g/mol. The lowest BCUT2D eigenvalue weighted by Crippen LogP contribution is -2.30. The predicted octanol–water partition coefficient (Wildman–Crippen LogP) is 3.13. The number of esters is 1. The number of rotatable bonds is 6. The molecule has 0 saturated carbocycles. The first-order valence-corrected chi connectivity index (χ1v) is 8.56. The molecule has 2 aromatic rings. The molecule has 0 unspecified atom stereocenters. The van der Waals surface area contributed by atoms with Gasteiger partial charge in [-0.05, 0) is 31.3 Å². The Morgan fingerprint density at radius 2 is 2.00 bits per heavy atom. The SMILES string of the molecule is CCOC(=O)c1noc(CNc2cc(F)c(F)cc2N2CCCCC2)n1. The van der Waals surface area contributed by atoms with Crippen molar-refractivity contribution < 1.29 is 22.8 Å². The number of anilines is 2. The number of ether oxygens (including phenoxy) is 1. The zero-order chi connectivity index (χ0) is 18.5. The lowest BCUT2D eigenvalue weighted by molar-refractivity contribution is 0.0508. The summed E-state index contributed by atoms with van der Waals surface area (Å²) in [5.41, 5.74) is 1.02. The van der Waals surface area contributed by atoms with Crippen LogP contribution in [0.4, 0.5) is 20.2 Å². The Hall–Kier alpha value is -2.71. The highest BCUT2D eigenvalue weighted by atomic mass is 19.2. The van der Waals surface area contributed by atoms with Gasteiger partial charge in [0.25, 0.3) is 5.82 Å². The number of nitrogens with zero attached hydrogens (tertiary/aromatic N) is 3. The zero-order valence-corrected chi connectivity index (χ0v) is 14.4. The summed E-state index contributed by atoms with van der Waals surface area (Å²) in [6, 6.07) is 2.31. The number of nitrogens with one attached hydrogen (secondary N) is 1. The molecule has 1 aliphatic rings. The van der Waals surface area contributed by atoms with E-state index in [1.807, 2.05) is 4.90 Å². The highest BCUT2D eigenvalue weighted by Gasteiger charge is 2.19. The van der Waals surface area contributed by atoms with Gasteiger partial charge < -0.3 is 19.5 Å². The van der Waals surface area contributed by atoms with E-state index in [1.54, 1.807) is 6.92 Å². The second-order valence-corrected chi connectivity index (χ2v) is 5.92. The van der Waals surface area contributed by atoms with E-state index in [0.29, 0.717) is 11.4 Å². The van der Waals surface area contributed by atoms with Crippen molar-refractivity contribution in [2.45, 2.75) is 32.7 Å². The predicted molar refractivity (Wildman–Crippen MR) is 90.0 cm³/mol. The Morgan fingerprint density at radius 3 is 2.73 bits per heavy atom. The molecule has 0 aliphatic carbocycles. The molecule has 1 saturated heterocycles. The van der Waals surface area contributed by atoms with E-state index in [2.05, 4.69) is 15.5 Å². The van der Waals surface area contributed by atoms with Crippen LogP contribution in [0.3, 0.4) is 0 Å². The third-order valence-electron chi connectivity index (χ3n) is 4.09. The number of halogens is 2. The summed E-state index contributed by atoms with van der Waals surface area (Å²) in [5.74, 6) is -2.54. The van der Waals surface area contributed by atoms with Crippen molar-refractivity contribution in [1.82, 2.24) is 10.1 Å². The summed E-state index contributed by atoms with van der Waals surface area (Å²) in [4.78, 5) is 17.5. The molecule has 0 amide bonds. The largest absolute Gasteiger partial charge is 0.460 e. The van der Waals surface area contributed by atoms with Crippen LogP contribution in [-0.2, 0) is 11.3 Å². The molecule has 26 heavy (non-hydrogen) atoms. The van der Waals surface area contributed by atoms with E-state index in [4.69, 9.17) is 9.26 Å². The maximum absolute atomic E-state index is 13.7. The summed E-state index contributed by atoms with van der Waals surface area (Å²) >= 11 is 0. The molecule has 1 aromatic heterocycles. The number of piperidine rings is 1. The summed E-state index contributed by atoms with van der Waals surface area (Å²) in [7, 11) is 0. The van der Waals surface area contributed by atoms with Crippen LogP contribution in [0, 0.1) is 11.6 Å². The first-order chi connectivity index (χ1) is 12.6. The minimum absolute atomic E-state index is 0.0678. The van der Waals surface area contributed by atoms with Gasteiger partial charge in [-0.1, -0.05) is 0 Å².